The summed E-state index contributed by atoms with van der Waals surface area (Å²) in [5.74, 6) is 7.19. The molecule has 0 heterocycles. The third-order valence-electron chi connectivity index (χ3n) is 10.9. The highest BCUT2D eigenvalue weighted by Crippen LogP contribution is 2.67. The van der Waals surface area contributed by atoms with Crippen molar-refractivity contribution in [1.82, 2.24) is 0 Å². The molecule has 0 saturated heterocycles. The summed E-state index contributed by atoms with van der Waals surface area (Å²) in [5, 5.41) is 0. The van der Waals surface area contributed by atoms with Gasteiger partial charge in [0.15, 0.2) is 0 Å². The van der Waals surface area contributed by atoms with Crippen molar-refractivity contribution in [3.63, 3.8) is 0 Å². The van der Waals surface area contributed by atoms with E-state index < -0.39 is 0 Å². The molecule has 29 heavy (non-hydrogen) atoms. The molecule has 4 aliphatic rings. The molecule has 0 aromatic heterocycles. The highest BCUT2D eigenvalue weighted by atomic mass is 14.6. The molecule has 4 aliphatic carbocycles. The molecule has 0 aliphatic heterocycles. The Labute approximate surface area is 184 Å². The summed E-state index contributed by atoms with van der Waals surface area (Å²) in [5.41, 5.74) is 1.35. The van der Waals surface area contributed by atoms with Crippen LogP contribution in [0, 0.1) is 52.3 Å². The standard InChI is InChI=1S/C27H48.C2H6/c1-6-7-9-20(3)23-12-13-24-22-11-8-10-21-18-19(2)14-16-26(21,4)25(22)15-17-27(23,24)5;1-2/h19-25H,6-18H2,1-5H3;1-2H3/t19?,20?,21-,22?,23?,24?,25?,26-,27+;/m0./s1. The summed E-state index contributed by atoms with van der Waals surface area (Å²) in [7, 11) is 0. The fourth-order valence-electron chi connectivity index (χ4n) is 9.38. The lowest BCUT2D eigenvalue weighted by Crippen LogP contribution is -2.49. The van der Waals surface area contributed by atoms with Crippen molar-refractivity contribution in [3.05, 3.63) is 0 Å². The lowest BCUT2D eigenvalue weighted by molar-refractivity contribution is -0.0774. The van der Waals surface area contributed by atoms with Gasteiger partial charge in [-0.3, -0.25) is 0 Å². The molecule has 0 aromatic rings. The first-order chi connectivity index (χ1) is 13.9. The lowest BCUT2D eigenvalue weighted by Gasteiger charge is -2.57. The summed E-state index contributed by atoms with van der Waals surface area (Å²) < 4.78 is 0. The molecule has 9 atom stereocenters. The molecule has 0 aromatic carbocycles. The van der Waals surface area contributed by atoms with E-state index in [1.807, 2.05) is 13.8 Å². The molecule has 0 amide bonds. The minimum Gasteiger partial charge on any atom is -0.0683 e. The summed E-state index contributed by atoms with van der Waals surface area (Å²) in [6.07, 6.45) is 19.8. The van der Waals surface area contributed by atoms with E-state index in [1.54, 1.807) is 51.4 Å². The first-order valence-corrected chi connectivity index (χ1v) is 13.9. The van der Waals surface area contributed by atoms with Crippen LogP contribution in [0.1, 0.15) is 132 Å². The lowest BCUT2D eigenvalue weighted by atomic mass is 9.48. The van der Waals surface area contributed by atoms with Crippen LogP contribution < -0.4 is 0 Å². The van der Waals surface area contributed by atoms with Crippen LogP contribution in [-0.4, -0.2) is 0 Å². The van der Waals surface area contributed by atoms with Crippen LogP contribution >= 0.6 is 0 Å². The Bertz CT molecular complexity index is 508. The zero-order chi connectivity index (χ0) is 21.2. The number of hydrogen-bond donors (Lipinski definition) is 0. The van der Waals surface area contributed by atoms with Crippen LogP contribution in [0.25, 0.3) is 0 Å². The van der Waals surface area contributed by atoms with Gasteiger partial charge in [0.05, 0.1) is 0 Å². The average molecular weight is 403 g/mol. The molecule has 4 rings (SSSR count). The second-order valence-corrected chi connectivity index (χ2v) is 12.2. The quantitative estimate of drug-likeness (QED) is 0.439. The van der Waals surface area contributed by atoms with Crippen molar-refractivity contribution < 1.29 is 0 Å². The zero-order valence-electron chi connectivity index (χ0n) is 21.2. The predicted octanol–water partition coefficient (Wildman–Crippen LogP) is 9.52. The summed E-state index contributed by atoms with van der Waals surface area (Å²) >= 11 is 0. The van der Waals surface area contributed by atoms with Gasteiger partial charge in [-0.05, 0) is 104 Å². The smallest absolute Gasteiger partial charge is 0.0264 e. The third-order valence-corrected chi connectivity index (χ3v) is 10.9. The van der Waals surface area contributed by atoms with E-state index in [1.165, 1.54) is 32.1 Å². The Hall–Kier alpha value is 0. The van der Waals surface area contributed by atoms with E-state index in [9.17, 15) is 0 Å². The normalized spacial score (nSPS) is 47.7. The second-order valence-electron chi connectivity index (χ2n) is 12.2. The van der Waals surface area contributed by atoms with Crippen molar-refractivity contribution in [2.75, 3.05) is 0 Å². The maximum absolute atomic E-state index is 2.76. The van der Waals surface area contributed by atoms with Crippen LogP contribution in [0.2, 0.25) is 0 Å². The van der Waals surface area contributed by atoms with Gasteiger partial charge in [0, 0.05) is 0 Å². The molecule has 0 heteroatoms. The van der Waals surface area contributed by atoms with Gasteiger partial charge in [0.2, 0.25) is 0 Å². The molecular weight excluding hydrogens is 348 g/mol. The van der Waals surface area contributed by atoms with E-state index in [0.717, 1.165) is 41.4 Å². The van der Waals surface area contributed by atoms with Crippen LogP contribution in [-0.2, 0) is 0 Å². The molecule has 0 bridgehead atoms. The number of rotatable bonds is 4. The van der Waals surface area contributed by atoms with Gasteiger partial charge in [0.25, 0.3) is 0 Å². The molecule has 6 unspecified atom stereocenters. The van der Waals surface area contributed by atoms with Crippen LogP contribution in [0.4, 0.5) is 0 Å². The second kappa shape index (κ2) is 9.65. The zero-order valence-corrected chi connectivity index (χ0v) is 21.2. The largest absolute Gasteiger partial charge is 0.0683 e. The summed E-state index contributed by atoms with van der Waals surface area (Å²) in [4.78, 5) is 0. The third kappa shape index (κ3) is 4.22. The Morgan fingerprint density at radius 2 is 1.55 bits per heavy atom. The van der Waals surface area contributed by atoms with E-state index in [2.05, 4.69) is 34.6 Å². The molecule has 0 N–H and O–H groups in total. The number of fused-ring (bicyclic) bond motifs is 5. The van der Waals surface area contributed by atoms with Crippen LogP contribution in [0.15, 0.2) is 0 Å². The van der Waals surface area contributed by atoms with Crippen molar-refractivity contribution in [2.45, 2.75) is 132 Å². The van der Waals surface area contributed by atoms with Gasteiger partial charge in [-0.1, -0.05) is 80.6 Å². The van der Waals surface area contributed by atoms with E-state index in [0.29, 0.717) is 10.8 Å². The van der Waals surface area contributed by atoms with Gasteiger partial charge in [-0.25, -0.2) is 0 Å². The maximum Gasteiger partial charge on any atom is -0.0264 e. The topological polar surface area (TPSA) is 0 Å². The van der Waals surface area contributed by atoms with Crippen LogP contribution in [0.5, 0.6) is 0 Å². The first-order valence-electron chi connectivity index (χ1n) is 13.9. The first kappa shape index (κ1) is 23.7. The highest BCUT2D eigenvalue weighted by molar-refractivity contribution is 5.08. The molecule has 0 nitrogen and oxygen atoms in total. The van der Waals surface area contributed by atoms with Gasteiger partial charge >= 0.3 is 0 Å². The van der Waals surface area contributed by atoms with Crippen molar-refractivity contribution in [1.29, 1.82) is 0 Å². The summed E-state index contributed by atoms with van der Waals surface area (Å²) in [6, 6.07) is 0. The molecule has 4 saturated carbocycles. The number of unbranched alkanes of at least 4 members (excludes halogenated alkanes) is 1. The van der Waals surface area contributed by atoms with E-state index >= 15 is 0 Å². The van der Waals surface area contributed by atoms with E-state index in [-0.39, 0.29) is 0 Å². The van der Waals surface area contributed by atoms with Crippen molar-refractivity contribution in [3.8, 4) is 0 Å². The van der Waals surface area contributed by atoms with Gasteiger partial charge < -0.3 is 0 Å². The summed E-state index contributed by atoms with van der Waals surface area (Å²) in [6.45, 7) is 17.0. The Kier molecular flexibility index (Phi) is 7.87. The molecule has 0 radical (unpaired) electrons. The van der Waals surface area contributed by atoms with Crippen molar-refractivity contribution in [2.24, 2.45) is 52.3 Å². The minimum absolute atomic E-state index is 0.673. The Morgan fingerprint density at radius 3 is 2.28 bits per heavy atom. The van der Waals surface area contributed by atoms with E-state index in [4.69, 9.17) is 0 Å². The monoisotopic (exact) mass is 402 g/mol. The molecule has 170 valence electrons. The van der Waals surface area contributed by atoms with Gasteiger partial charge in [-0.15, -0.1) is 0 Å². The fraction of sp³-hybridized carbons (Fsp3) is 1.00. The Balaban J connectivity index is 0.00000117. The maximum atomic E-state index is 2.76. The van der Waals surface area contributed by atoms with Crippen molar-refractivity contribution >= 4 is 0 Å². The predicted molar refractivity (Wildman–Crippen MR) is 129 cm³/mol. The van der Waals surface area contributed by atoms with Crippen LogP contribution in [0.3, 0.4) is 0 Å². The van der Waals surface area contributed by atoms with Gasteiger partial charge in [-0.2, -0.15) is 0 Å². The molecule has 0 spiro atoms. The SMILES string of the molecule is CC.CCCCC(C)C1CCC2C3CCC[C@H]4CC(C)CC[C@]4(C)C3CC[C@]12C. The highest BCUT2D eigenvalue weighted by Gasteiger charge is 2.59. The molecule has 4 fully saturated rings. The van der Waals surface area contributed by atoms with Gasteiger partial charge in [0.1, 0.15) is 0 Å². The number of hydrogen-bond acceptors (Lipinski definition) is 0. The average Bonchev–Trinajstić information content (AvgIpc) is 3.00. The fourth-order valence-corrected chi connectivity index (χ4v) is 9.38. The molecular formula is C29H54. The Morgan fingerprint density at radius 1 is 0.862 bits per heavy atom. The minimum atomic E-state index is 0.673.